The molecule has 0 radical (unpaired) electrons. The van der Waals surface area contributed by atoms with Gasteiger partial charge in [0.2, 0.25) is 0 Å². The molecule has 0 saturated carbocycles. The zero-order chi connectivity index (χ0) is 10.5. The average molecular weight is 209 g/mol. The highest BCUT2D eigenvalue weighted by atomic mass is 32.2. The van der Waals surface area contributed by atoms with Crippen molar-refractivity contribution in [1.29, 1.82) is 0 Å². The Morgan fingerprint density at radius 3 is 2.31 bits per heavy atom. The predicted molar refractivity (Wildman–Crippen MR) is 53.4 cm³/mol. The Kier molecular flexibility index (Phi) is 5.51. The molecule has 0 bridgehead atoms. The van der Waals surface area contributed by atoms with Crippen LogP contribution < -0.4 is 5.32 Å². The molecule has 0 aliphatic heterocycles. The van der Waals surface area contributed by atoms with Gasteiger partial charge in [0.05, 0.1) is 5.25 Å². The molecule has 2 N–H and O–H groups in total. The van der Waals surface area contributed by atoms with E-state index in [-0.39, 0.29) is 6.04 Å². The highest BCUT2D eigenvalue weighted by molar-refractivity contribution is 7.86. The van der Waals surface area contributed by atoms with E-state index >= 15 is 0 Å². The van der Waals surface area contributed by atoms with Crippen LogP contribution in [-0.2, 0) is 10.1 Å². The van der Waals surface area contributed by atoms with E-state index in [2.05, 4.69) is 12.2 Å². The van der Waals surface area contributed by atoms with Crippen LogP contribution in [0.4, 0.5) is 0 Å². The van der Waals surface area contributed by atoms with Gasteiger partial charge in [-0.15, -0.1) is 0 Å². The van der Waals surface area contributed by atoms with Crippen molar-refractivity contribution in [3.63, 3.8) is 0 Å². The third-order valence-electron chi connectivity index (χ3n) is 2.17. The minimum atomic E-state index is -3.90. The first-order valence-electron chi connectivity index (χ1n) is 4.59. The Labute approximate surface area is 80.5 Å². The second kappa shape index (κ2) is 5.57. The Hall–Kier alpha value is -0.130. The van der Waals surface area contributed by atoms with Crippen molar-refractivity contribution < 1.29 is 13.0 Å². The van der Waals surface area contributed by atoms with Crippen molar-refractivity contribution in [3.05, 3.63) is 0 Å². The number of rotatable bonds is 6. The largest absolute Gasteiger partial charge is 0.313 e. The maximum atomic E-state index is 10.7. The van der Waals surface area contributed by atoms with Crippen LogP contribution in [0.1, 0.15) is 33.6 Å². The van der Waals surface area contributed by atoms with Crippen molar-refractivity contribution >= 4 is 10.1 Å². The minimum absolute atomic E-state index is 0.207. The van der Waals surface area contributed by atoms with Crippen LogP contribution in [0.15, 0.2) is 0 Å². The molecule has 0 aromatic heterocycles. The molecule has 0 aliphatic rings. The van der Waals surface area contributed by atoms with Crippen LogP contribution in [0.3, 0.4) is 0 Å². The number of hydrogen-bond acceptors (Lipinski definition) is 3. The van der Waals surface area contributed by atoms with Gasteiger partial charge in [0.25, 0.3) is 10.1 Å². The molecular weight excluding hydrogens is 190 g/mol. The van der Waals surface area contributed by atoms with Gasteiger partial charge in [0, 0.05) is 6.04 Å². The molecule has 0 aliphatic carbocycles. The van der Waals surface area contributed by atoms with E-state index in [4.69, 9.17) is 4.55 Å². The van der Waals surface area contributed by atoms with Crippen molar-refractivity contribution in [3.8, 4) is 0 Å². The lowest BCUT2D eigenvalue weighted by Gasteiger charge is -2.18. The number of nitrogens with one attached hydrogen (secondary N) is 1. The molecule has 80 valence electrons. The Morgan fingerprint density at radius 1 is 1.38 bits per heavy atom. The zero-order valence-corrected chi connectivity index (χ0v) is 9.26. The summed E-state index contributed by atoms with van der Waals surface area (Å²) in [7, 11) is -3.90. The summed E-state index contributed by atoms with van der Waals surface area (Å²) in [6.45, 7) is 6.11. The molecule has 0 fully saturated rings. The zero-order valence-electron chi connectivity index (χ0n) is 8.45. The molecule has 0 amide bonds. The fourth-order valence-electron chi connectivity index (χ4n) is 0.930. The lowest BCUT2D eigenvalue weighted by Crippen LogP contribution is -2.40. The molecule has 0 spiro atoms. The molecule has 0 aromatic carbocycles. The first kappa shape index (κ1) is 12.9. The first-order valence-corrected chi connectivity index (χ1v) is 6.09. The van der Waals surface area contributed by atoms with E-state index in [0.29, 0.717) is 0 Å². The van der Waals surface area contributed by atoms with Crippen LogP contribution in [0.5, 0.6) is 0 Å². The molecule has 0 rings (SSSR count). The van der Waals surface area contributed by atoms with Gasteiger partial charge in [-0.05, 0) is 26.8 Å². The van der Waals surface area contributed by atoms with Crippen LogP contribution in [0.25, 0.3) is 0 Å². The molecule has 4 nitrogen and oxygen atoms in total. The van der Waals surface area contributed by atoms with E-state index in [1.54, 1.807) is 6.92 Å². The SMILES string of the molecule is CCCCNC(C)C(C)S(=O)(=O)O. The van der Waals surface area contributed by atoms with Crippen molar-refractivity contribution in [2.24, 2.45) is 0 Å². The summed E-state index contributed by atoms with van der Waals surface area (Å²) in [5.74, 6) is 0. The average Bonchev–Trinajstić information content (AvgIpc) is 2.01. The molecule has 0 heterocycles. The summed E-state index contributed by atoms with van der Waals surface area (Å²) in [4.78, 5) is 0. The monoisotopic (exact) mass is 209 g/mol. The van der Waals surface area contributed by atoms with Gasteiger partial charge in [-0.25, -0.2) is 0 Å². The van der Waals surface area contributed by atoms with Crippen LogP contribution in [0, 0.1) is 0 Å². The highest BCUT2D eigenvalue weighted by Crippen LogP contribution is 2.03. The van der Waals surface area contributed by atoms with Crippen molar-refractivity contribution in [2.45, 2.75) is 44.9 Å². The molecular formula is C8H19NO3S. The number of hydrogen-bond donors (Lipinski definition) is 2. The summed E-state index contributed by atoms with van der Waals surface area (Å²) in [6.07, 6.45) is 2.09. The van der Waals surface area contributed by atoms with Gasteiger partial charge < -0.3 is 5.32 Å². The van der Waals surface area contributed by atoms with Gasteiger partial charge >= 0.3 is 0 Å². The summed E-state index contributed by atoms with van der Waals surface area (Å²) in [5, 5.41) is 2.30. The van der Waals surface area contributed by atoms with Crippen LogP contribution in [0.2, 0.25) is 0 Å². The molecule has 0 aromatic rings. The van der Waals surface area contributed by atoms with E-state index in [0.717, 1.165) is 19.4 Å². The second-order valence-electron chi connectivity index (χ2n) is 3.32. The maximum Gasteiger partial charge on any atom is 0.269 e. The lowest BCUT2D eigenvalue weighted by molar-refractivity contribution is 0.440. The lowest BCUT2D eigenvalue weighted by atomic mass is 10.2. The normalized spacial score (nSPS) is 16.9. The topological polar surface area (TPSA) is 66.4 Å². The molecule has 5 heteroatoms. The first-order chi connectivity index (χ1) is 5.89. The summed E-state index contributed by atoms with van der Waals surface area (Å²) in [6, 6.07) is -0.207. The Bertz CT molecular complexity index is 226. The standard InChI is InChI=1S/C8H19NO3S/c1-4-5-6-9-7(2)8(3)13(10,11)12/h7-9H,4-6H2,1-3H3,(H,10,11,12). The van der Waals surface area contributed by atoms with Gasteiger partial charge in [-0.3, -0.25) is 4.55 Å². The van der Waals surface area contributed by atoms with E-state index < -0.39 is 15.4 Å². The van der Waals surface area contributed by atoms with E-state index in [1.807, 2.05) is 0 Å². The Morgan fingerprint density at radius 2 is 1.92 bits per heavy atom. The third kappa shape index (κ3) is 5.23. The van der Waals surface area contributed by atoms with Crippen molar-refractivity contribution in [1.82, 2.24) is 5.32 Å². The molecule has 2 atom stereocenters. The van der Waals surface area contributed by atoms with Gasteiger partial charge in [0.15, 0.2) is 0 Å². The second-order valence-corrected chi connectivity index (χ2v) is 5.09. The predicted octanol–water partition coefficient (Wildman–Crippen LogP) is 1.04. The summed E-state index contributed by atoms with van der Waals surface area (Å²) in [5.41, 5.74) is 0. The van der Waals surface area contributed by atoms with E-state index in [1.165, 1.54) is 6.92 Å². The smallest absolute Gasteiger partial charge is 0.269 e. The maximum absolute atomic E-state index is 10.7. The van der Waals surface area contributed by atoms with Gasteiger partial charge in [0.1, 0.15) is 0 Å². The minimum Gasteiger partial charge on any atom is -0.313 e. The van der Waals surface area contributed by atoms with Crippen LogP contribution >= 0.6 is 0 Å². The summed E-state index contributed by atoms with van der Waals surface area (Å²) < 4.78 is 30.2. The fraction of sp³-hybridized carbons (Fsp3) is 1.00. The molecule has 13 heavy (non-hydrogen) atoms. The van der Waals surface area contributed by atoms with E-state index in [9.17, 15) is 8.42 Å². The third-order valence-corrected chi connectivity index (χ3v) is 3.52. The highest BCUT2D eigenvalue weighted by Gasteiger charge is 2.23. The Balaban J connectivity index is 3.90. The molecule has 0 saturated heterocycles. The summed E-state index contributed by atoms with van der Waals surface area (Å²) >= 11 is 0. The van der Waals surface area contributed by atoms with Gasteiger partial charge in [-0.1, -0.05) is 13.3 Å². The van der Waals surface area contributed by atoms with Crippen molar-refractivity contribution in [2.75, 3.05) is 6.54 Å². The van der Waals surface area contributed by atoms with Crippen LogP contribution in [-0.4, -0.2) is 30.8 Å². The fourth-order valence-corrected chi connectivity index (χ4v) is 1.54. The quantitative estimate of drug-likeness (QED) is 0.507. The molecule has 2 unspecified atom stereocenters. The number of unbranched alkanes of at least 4 members (excludes halogenated alkanes) is 1. The van der Waals surface area contributed by atoms with Gasteiger partial charge in [-0.2, -0.15) is 8.42 Å².